The molecule has 0 amide bonds. The summed E-state index contributed by atoms with van der Waals surface area (Å²) in [6.45, 7) is 3.69. The molecule has 0 aliphatic carbocycles. The number of carbonyl (C=O) groups is 2. The quantitative estimate of drug-likeness (QED) is 0.0393. The second-order valence-corrected chi connectivity index (χ2v) is 12.9. The first-order valence-electron chi connectivity index (χ1n) is 16.1. The van der Waals surface area contributed by atoms with Crippen molar-refractivity contribution in [3.8, 4) is 0 Å². The average molecular weight is 652 g/mol. The van der Waals surface area contributed by atoms with E-state index in [-0.39, 0.29) is 26.1 Å². The highest BCUT2D eigenvalue weighted by molar-refractivity contribution is 7.45. The Kier molecular flexibility index (Phi) is 26.2. The standard InChI is InChI=1S/C35H58NO8P/c1-6-8-10-11-12-13-14-15-16-17-18-19-20-21-22-23-24-25-26-28-35(38)44-33(31-41-34(37)27-9-7-2)32-43-45(39,40)42-30-29-36(3,4)5/h8,10,12-13,15-16,18-19,21-22,24-25,33H,6-7,9,11,14,17,20,23,26-32H2,1-5H3/b10-8-,13-12-,16-15-,19-18-,22-21-,25-24-. The summed E-state index contributed by atoms with van der Waals surface area (Å²) < 4.78 is 33.1. The Morgan fingerprint density at radius 2 is 1.22 bits per heavy atom. The first kappa shape index (κ1) is 42.5. The second kappa shape index (κ2) is 27.7. The average Bonchev–Trinajstić information content (AvgIpc) is 2.97. The third-order valence-electron chi connectivity index (χ3n) is 6.00. The molecule has 0 bridgehead atoms. The van der Waals surface area contributed by atoms with Crippen LogP contribution in [0, 0.1) is 0 Å². The minimum Gasteiger partial charge on any atom is -0.756 e. The van der Waals surface area contributed by atoms with E-state index in [1.54, 1.807) is 0 Å². The van der Waals surface area contributed by atoms with Crippen molar-refractivity contribution >= 4 is 19.8 Å². The highest BCUT2D eigenvalue weighted by Gasteiger charge is 2.21. The van der Waals surface area contributed by atoms with Gasteiger partial charge in [0.1, 0.15) is 19.8 Å². The van der Waals surface area contributed by atoms with E-state index >= 15 is 0 Å². The van der Waals surface area contributed by atoms with Crippen LogP contribution >= 0.6 is 7.82 Å². The number of hydrogen-bond acceptors (Lipinski definition) is 8. The van der Waals surface area contributed by atoms with E-state index in [0.29, 0.717) is 23.9 Å². The normalized spacial score (nSPS) is 14.9. The van der Waals surface area contributed by atoms with Gasteiger partial charge in [0.2, 0.25) is 0 Å². The van der Waals surface area contributed by atoms with Gasteiger partial charge in [0, 0.05) is 12.8 Å². The van der Waals surface area contributed by atoms with Gasteiger partial charge in [-0.25, -0.2) is 0 Å². The maximum absolute atomic E-state index is 12.4. The molecule has 0 aromatic rings. The van der Waals surface area contributed by atoms with Gasteiger partial charge in [0.05, 0.1) is 27.7 Å². The second-order valence-electron chi connectivity index (χ2n) is 11.4. The first-order valence-corrected chi connectivity index (χ1v) is 17.6. The predicted octanol–water partition coefficient (Wildman–Crippen LogP) is 7.32. The Bertz CT molecular complexity index is 1010. The highest BCUT2D eigenvalue weighted by atomic mass is 31.2. The third kappa shape index (κ3) is 31.2. The number of rotatable bonds is 27. The number of hydrogen-bond donors (Lipinski definition) is 0. The number of esters is 2. The van der Waals surface area contributed by atoms with Crippen LogP contribution in [0.5, 0.6) is 0 Å². The number of nitrogens with zero attached hydrogens (tertiary/aromatic N) is 1. The first-order chi connectivity index (χ1) is 21.5. The summed E-state index contributed by atoms with van der Waals surface area (Å²) in [5, 5.41) is 0. The van der Waals surface area contributed by atoms with E-state index in [0.717, 1.165) is 44.9 Å². The molecular weight excluding hydrogens is 593 g/mol. The van der Waals surface area contributed by atoms with Crippen LogP contribution in [-0.2, 0) is 32.7 Å². The molecule has 0 aromatic heterocycles. The summed E-state index contributed by atoms with van der Waals surface area (Å²) in [5.74, 6) is -0.986. The third-order valence-corrected chi connectivity index (χ3v) is 6.97. The fraction of sp³-hybridized carbons (Fsp3) is 0.600. The van der Waals surface area contributed by atoms with Crippen molar-refractivity contribution in [2.45, 2.75) is 90.6 Å². The van der Waals surface area contributed by atoms with E-state index in [1.807, 2.05) is 40.2 Å². The summed E-state index contributed by atoms with van der Waals surface area (Å²) in [7, 11) is 1.10. The Labute approximate surface area is 272 Å². The van der Waals surface area contributed by atoms with Crippen molar-refractivity contribution in [3.05, 3.63) is 72.9 Å². The largest absolute Gasteiger partial charge is 0.756 e. The van der Waals surface area contributed by atoms with Crippen molar-refractivity contribution in [3.63, 3.8) is 0 Å². The van der Waals surface area contributed by atoms with Crippen LogP contribution in [0.25, 0.3) is 0 Å². The molecule has 0 aromatic carbocycles. The van der Waals surface area contributed by atoms with Crippen molar-refractivity contribution in [2.75, 3.05) is 47.5 Å². The van der Waals surface area contributed by atoms with Crippen LogP contribution in [0.15, 0.2) is 72.9 Å². The van der Waals surface area contributed by atoms with Gasteiger partial charge < -0.3 is 27.9 Å². The van der Waals surface area contributed by atoms with E-state index in [2.05, 4.69) is 67.7 Å². The lowest BCUT2D eigenvalue weighted by Gasteiger charge is -2.28. The van der Waals surface area contributed by atoms with Gasteiger partial charge in [0.25, 0.3) is 7.82 Å². The molecule has 9 nitrogen and oxygen atoms in total. The monoisotopic (exact) mass is 651 g/mol. The molecule has 0 fully saturated rings. The molecule has 256 valence electrons. The lowest BCUT2D eigenvalue weighted by Crippen LogP contribution is -2.37. The predicted molar refractivity (Wildman–Crippen MR) is 180 cm³/mol. The summed E-state index contributed by atoms with van der Waals surface area (Å²) in [6.07, 6.45) is 32.2. The molecule has 45 heavy (non-hydrogen) atoms. The topological polar surface area (TPSA) is 111 Å². The SMILES string of the molecule is CC/C=C\C/C=C\C/C=C\C/C=C\C/C=C\C/C=C\CCC(=O)OC(COC(=O)CCCC)COP(=O)([O-])OCC[N+](C)(C)C. The Morgan fingerprint density at radius 1 is 0.711 bits per heavy atom. The van der Waals surface area contributed by atoms with Gasteiger partial charge >= 0.3 is 11.9 Å². The minimum atomic E-state index is -4.62. The van der Waals surface area contributed by atoms with Crippen molar-refractivity contribution in [1.82, 2.24) is 0 Å². The fourth-order valence-corrected chi connectivity index (χ4v) is 4.15. The minimum absolute atomic E-state index is 0.0489. The van der Waals surface area contributed by atoms with Gasteiger partial charge in [-0.05, 0) is 51.4 Å². The number of quaternary nitrogens is 1. The lowest BCUT2D eigenvalue weighted by atomic mass is 10.2. The van der Waals surface area contributed by atoms with Gasteiger partial charge in [0.15, 0.2) is 6.10 Å². The van der Waals surface area contributed by atoms with Gasteiger partial charge in [-0.2, -0.15) is 0 Å². The van der Waals surface area contributed by atoms with Crippen molar-refractivity contribution in [1.29, 1.82) is 0 Å². The number of phosphoric ester groups is 1. The van der Waals surface area contributed by atoms with E-state index in [1.165, 1.54) is 0 Å². The van der Waals surface area contributed by atoms with E-state index in [4.69, 9.17) is 18.5 Å². The molecule has 0 saturated heterocycles. The molecule has 0 spiro atoms. The fourth-order valence-electron chi connectivity index (χ4n) is 3.42. The molecular formula is C35H58NO8P. The summed E-state index contributed by atoms with van der Waals surface area (Å²) >= 11 is 0. The molecule has 0 radical (unpaired) electrons. The number of ether oxygens (including phenoxy) is 2. The van der Waals surface area contributed by atoms with Crippen LogP contribution in [-0.4, -0.2) is 70.0 Å². The molecule has 2 atom stereocenters. The molecule has 0 rings (SSSR count). The molecule has 10 heteroatoms. The van der Waals surface area contributed by atoms with Crippen LogP contribution in [0.2, 0.25) is 0 Å². The zero-order valence-corrected chi connectivity index (χ0v) is 29.2. The molecule has 0 aliphatic rings. The van der Waals surface area contributed by atoms with E-state index < -0.39 is 32.5 Å². The lowest BCUT2D eigenvalue weighted by molar-refractivity contribution is -0.870. The highest BCUT2D eigenvalue weighted by Crippen LogP contribution is 2.38. The Morgan fingerprint density at radius 3 is 1.71 bits per heavy atom. The molecule has 0 N–H and O–H groups in total. The summed E-state index contributed by atoms with van der Waals surface area (Å²) in [6, 6.07) is 0. The van der Waals surface area contributed by atoms with Crippen LogP contribution in [0.3, 0.4) is 0 Å². The number of allylic oxidation sites excluding steroid dienone is 12. The van der Waals surface area contributed by atoms with Gasteiger partial charge in [-0.15, -0.1) is 0 Å². The van der Waals surface area contributed by atoms with E-state index in [9.17, 15) is 19.0 Å². The number of likely N-dealkylation sites (N-methyl/N-ethyl adjacent to an activating group) is 1. The zero-order valence-electron chi connectivity index (χ0n) is 28.3. The van der Waals surface area contributed by atoms with Crippen LogP contribution in [0.4, 0.5) is 0 Å². The molecule has 0 aliphatic heterocycles. The smallest absolute Gasteiger partial charge is 0.306 e. The van der Waals surface area contributed by atoms with Crippen LogP contribution < -0.4 is 4.89 Å². The maximum atomic E-state index is 12.4. The zero-order chi connectivity index (χ0) is 33.7. The maximum Gasteiger partial charge on any atom is 0.306 e. The summed E-state index contributed by atoms with van der Waals surface area (Å²) in [5.41, 5.74) is 0. The van der Waals surface area contributed by atoms with Crippen molar-refractivity contribution < 1.29 is 42.1 Å². The number of carbonyl (C=O) groups excluding carboxylic acids is 2. The Balaban J connectivity index is 4.42. The van der Waals surface area contributed by atoms with Crippen LogP contribution in [0.1, 0.15) is 84.5 Å². The molecule has 2 unspecified atom stereocenters. The summed E-state index contributed by atoms with van der Waals surface area (Å²) in [4.78, 5) is 36.5. The van der Waals surface area contributed by atoms with Gasteiger partial charge in [-0.1, -0.05) is 93.2 Å². The molecule has 0 saturated carbocycles. The van der Waals surface area contributed by atoms with Crippen molar-refractivity contribution in [2.24, 2.45) is 0 Å². The van der Waals surface area contributed by atoms with Gasteiger partial charge in [-0.3, -0.25) is 14.2 Å². The molecule has 0 heterocycles. The Hall–Kier alpha value is -2.55. The number of unbranched alkanes of at least 4 members (excludes halogenated alkanes) is 1. The number of phosphoric acid groups is 1.